The number of aliphatic imine (C=N–C) groups is 1. The normalized spacial score (nSPS) is 19.7. The molecule has 27 heavy (non-hydrogen) atoms. The van der Waals surface area contributed by atoms with Gasteiger partial charge in [-0.1, -0.05) is 36.4 Å². The Kier molecular flexibility index (Phi) is 7.20. The van der Waals surface area contributed by atoms with Gasteiger partial charge in [0.25, 0.3) is 0 Å². The maximum Gasteiger partial charge on any atom is 0.215 e. The standard InChI is InChI=1S/C19H28N4O2S2/c1-20-19(21-9-16-27(24,25)23-12-14-26-15-13-23)22-10-7-18(8-11-22)17-5-3-2-4-6-17/h2-7H,8-16H2,1H3,(H,20,21). The third-order valence-electron chi connectivity index (χ3n) is 4.87. The Balaban J connectivity index is 1.50. The highest BCUT2D eigenvalue weighted by Crippen LogP contribution is 2.22. The van der Waals surface area contributed by atoms with Crippen LogP contribution < -0.4 is 5.32 Å². The lowest BCUT2D eigenvalue weighted by atomic mass is 10.00. The molecule has 1 saturated heterocycles. The molecule has 2 heterocycles. The molecule has 0 saturated carbocycles. The molecule has 0 atom stereocenters. The van der Waals surface area contributed by atoms with Crippen molar-refractivity contribution >= 4 is 33.3 Å². The number of guanidine groups is 1. The van der Waals surface area contributed by atoms with E-state index >= 15 is 0 Å². The van der Waals surface area contributed by atoms with Crippen molar-refractivity contribution in [3.8, 4) is 0 Å². The molecule has 0 bridgehead atoms. The van der Waals surface area contributed by atoms with Crippen molar-refractivity contribution in [3.05, 3.63) is 42.0 Å². The highest BCUT2D eigenvalue weighted by molar-refractivity contribution is 7.99. The number of rotatable bonds is 5. The topological polar surface area (TPSA) is 65.0 Å². The zero-order chi connectivity index (χ0) is 19.1. The summed E-state index contributed by atoms with van der Waals surface area (Å²) in [5.41, 5.74) is 2.62. The molecule has 1 fully saturated rings. The first-order chi connectivity index (χ1) is 13.1. The largest absolute Gasteiger partial charge is 0.355 e. The lowest BCUT2D eigenvalue weighted by Gasteiger charge is -2.30. The first kappa shape index (κ1) is 20.2. The van der Waals surface area contributed by atoms with E-state index in [9.17, 15) is 8.42 Å². The van der Waals surface area contributed by atoms with Crippen LogP contribution in [0.5, 0.6) is 0 Å². The van der Waals surface area contributed by atoms with Gasteiger partial charge in [0.1, 0.15) is 0 Å². The Morgan fingerprint density at radius 2 is 1.93 bits per heavy atom. The Bertz CT molecular complexity index is 772. The fraction of sp³-hybridized carbons (Fsp3) is 0.526. The Morgan fingerprint density at radius 3 is 2.56 bits per heavy atom. The number of sulfonamides is 1. The minimum Gasteiger partial charge on any atom is -0.355 e. The number of nitrogens with one attached hydrogen (secondary N) is 1. The van der Waals surface area contributed by atoms with E-state index in [1.165, 1.54) is 11.1 Å². The molecule has 1 N–H and O–H groups in total. The summed E-state index contributed by atoms with van der Waals surface area (Å²) >= 11 is 1.81. The third kappa shape index (κ3) is 5.49. The molecule has 2 aliphatic heterocycles. The lowest BCUT2D eigenvalue weighted by molar-refractivity contribution is 0.435. The van der Waals surface area contributed by atoms with Gasteiger partial charge in [-0.05, 0) is 17.6 Å². The van der Waals surface area contributed by atoms with Gasteiger partial charge >= 0.3 is 0 Å². The van der Waals surface area contributed by atoms with Crippen LogP contribution in [0.1, 0.15) is 12.0 Å². The summed E-state index contributed by atoms with van der Waals surface area (Å²) in [5, 5.41) is 3.22. The lowest BCUT2D eigenvalue weighted by Crippen LogP contribution is -2.46. The summed E-state index contributed by atoms with van der Waals surface area (Å²) in [6.07, 6.45) is 3.18. The number of thioether (sulfide) groups is 1. The van der Waals surface area contributed by atoms with E-state index in [1.54, 1.807) is 11.4 Å². The minimum atomic E-state index is -3.19. The van der Waals surface area contributed by atoms with E-state index in [2.05, 4.69) is 45.6 Å². The highest BCUT2D eigenvalue weighted by atomic mass is 32.2. The summed E-state index contributed by atoms with van der Waals surface area (Å²) in [6, 6.07) is 10.4. The number of benzene rings is 1. The van der Waals surface area contributed by atoms with Crippen LogP contribution in [0.3, 0.4) is 0 Å². The molecule has 8 heteroatoms. The second-order valence-corrected chi connectivity index (χ2v) is 9.91. The summed E-state index contributed by atoms with van der Waals surface area (Å²) in [7, 11) is -1.45. The fourth-order valence-electron chi connectivity index (χ4n) is 3.35. The van der Waals surface area contributed by atoms with Gasteiger partial charge in [0.2, 0.25) is 10.0 Å². The zero-order valence-electron chi connectivity index (χ0n) is 15.8. The smallest absolute Gasteiger partial charge is 0.215 e. The van der Waals surface area contributed by atoms with Crippen LogP contribution in [0, 0.1) is 0 Å². The molecule has 0 aromatic heterocycles. The van der Waals surface area contributed by atoms with Crippen molar-refractivity contribution in [3.63, 3.8) is 0 Å². The zero-order valence-corrected chi connectivity index (χ0v) is 17.4. The highest BCUT2D eigenvalue weighted by Gasteiger charge is 2.24. The van der Waals surface area contributed by atoms with Gasteiger partial charge in [-0.3, -0.25) is 4.99 Å². The van der Waals surface area contributed by atoms with E-state index in [0.717, 1.165) is 37.0 Å². The molecule has 0 spiro atoms. The van der Waals surface area contributed by atoms with Gasteiger partial charge in [-0.2, -0.15) is 11.8 Å². The van der Waals surface area contributed by atoms with Gasteiger partial charge in [0.15, 0.2) is 5.96 Å². The van der Waals surface area contributed by atoms with Crippen molar-refractivity contribution in [2.75, 3.05) is 57.0 Å². The van der Waals surface area contributed by atoms with E-state index < -0.39 is 10.0 Å². The van der Waals surface area contributed by atoms with Crippen molar-refractivity contribution in [1.82, 2.24) is 14.5 Å². The second-order valence-electron chi connectivity index (χ2n) is 6.59. The van der Waals surface area contributed by atoms with E-state index in [4.69, 9.17) is 0 Å². The van der Waals surface area contributed by atoms with Crippen LogP contribution >= 0.6 is 11.8 Å². The van der Waals surface area contributed by atoms with Gasteiger partial charge in [0, 0.05) is 51.3 Å². The Morgan fingerprint density at radius 1 is 1.19 bits per heavy atom. The monoisotopic (exact) mass is 408 g/mol. The molecule has 1 aromatic rings. The van der Waals surface area contributed by atoms with E-state index in [0.29, 0.717) is 19.6 Å². The predicted octanol–water partition coefficient (Wildman–Crippen LogP) is 1.73. The molecule has 3 rings (SSSR count). The van der Waals surface area contributed by atoms with Crippen LogP contribution in [-0.2, 0) is 10.0 Å². The summed E-state index contributed by atoms with van der Waals surface area (Å²) in [5.74, 6) is 2.65. The Labute approximate surface area is 166 Å². The van der Waals surface area contributed by atoms with Crippen LogP contribution in [0.4, 0.5) is 0 Å². The molecule has 0 aliphatic carbocycles. The van der Waals surface area contributed by atoms with E-state index in [1.807, 2.05) is 17.8 Å². The van der Waals surface area contributed by atoms with Crippen molar-refractivity contribution in [2.24, 2.45) is 4.99 Å². The summed E-state index contributed by atoms with van der Waals surface area (Å²) in [6.45, 7) is 3.28. The molecule has 1 aromatic carbocycles. The first-order valence-electron chi connectivity index (χ1n) is 9.36. The van der Waals surface area contributed by atoms with Crippen LogP contribution in [0.25, 0.3) is 5.57 Å². The minimum absolute atomic E-state index is 0.107. The predicted molar refractivity (Wildman–Crippen MR) is 115 cm³/mol. The Hall–Kier alpha value is -1.51. The van der Waals surface area contributed by atoms with Crippen molar-refractivity contribution in [1.29, 1.82) is 0 Å². The maximum absolute atomic E-state index is 12.4. The molecular weight excluding hydrogens is 380 g/mol. The molecule has 0 unspecified atom stereocenters. The third-order valence-corrected chi connectivity index (χ3v) is 7.69. The van der Waals surface area contributed by atoms with Crippen molar-refractivity contribution < 1.29 is 8.42 Å². The molecule has 148 valence electrons. The van der Waals surface area contributed by atoms with Gasteiger partial charge < -0.3 is 10.2 Å². The summed E-state index contributed by atoms with van der Waals surface area (Å²) < 4.78 is 26.5. The number of hydrogen-bond acceptors (Lipinski definition) is 4. The van der Waals surface area contributed by atoms with Gasteiger partial charge in [-0.15, -0.1) is 0 Å². The maximum atomic E-state index is 12.4. The average molecular weight is 409 g/mol. The molecule has 6 nitrogen and oxygen atoms in total. The molecule has 0 amide bonds. The number of nitrogens with zero attached hydrogens (tertiary/aromatic N) is 3. The van der Waals surface area contributed by atoms with Crippen molar-refractivity contribution in [2.45, 2.75) is 6.42 Å². The molecular formula is C19H28N4O2S2. The average Bonchev–Trinajstić information content (AvgIpc) is 2.73. The first-order valence-corrected chi connectivity index (χ1v) is 12.1. The van der Waals surface area contributed by atoms with E-state index in [-0.39, 0.29) is 5.75 Å². The summed E-state index contributed by atoms with van der Waals surface area (Å²) in [4.78, 5) is 6.50. The van der Waals surface area contributed by atoms with Gasteiger partial charge in [0.05, 0.1) is 5.75 Å². The van der Waals surface area contributed by atoms with Crippen LogP contribution in [0.15, 0.2) is 41.4 Å². The molecule has 2 aliphatic rings. The number of hydrogen-bond donors (Lipinski definition) is 1. The SMILES string of the molecule is CN=C(NCCS(=O)(=O)N1CCSCC1)N1CC=C(c2ccccc2)CC1. The van der Waals surface area contributed by atoms with Crippen LogP contribution in [0.2, 0.25) is 0 Å². The molecule has 0 radical (unpaired) electrons. The van der Waals surface area contributed by atoms with Gasteiger partial charge in [-0.25, -0.2) is 12.7 Å². The fourth-order valence-corrected chi connectivity index (χ4v) is 5.85. The quantitative estimate of drug-likeness (QED) is 0.594. The van der Waals surface area contributed by atoms with Crippen LogP contribution in [-0.4, -0.2) is 80.6 Å². The second kappa shape index (κ2) is 9.61.